The van der Waals surface area contributed by atoms with Crippen LogP contribution in [-0.4, -0.2) is 27.8 Å². The van der Waals surface area contributed by atoms with Gasteiger partial charge in [-0.1, -0.05) is 57.0 Å². The van der Waals surface area contributed by atoms with Crippen molar-refractivity contribution in [2.24, 2.45) is 5.92 Å². The molecule has 1 amide bonds. The standard InChI is InChI=1S/C21H31N3O2S/c1-5-7-10-16(6-2)13-22-19(25)14-27-21-23-18-12-9-8-11-17(18)20(26)24(21)15(3)4/h8-9,11-12,15-16H,5-7,10,13-14H2,1-4H3,(H,22,25)/t16-/m0/s1. The molecule has 148 valence electrons. The van der Waals surface area contributed by atoms with E-state index in [9.17, 15) is 9.59 Å². The molecule has 0 radical (unpaired) electrons. The largest absolute Gasteiger partial charge is 0.355 e. The zero-order valence-corrected chi connectivity index (χ0v) is 17.6. The number of thioether (sulfide) groups is 1. The van der Waals surface area contributed by atoms with E-state index in [1.54, 1.807) is 10.6 Å². The molecule has 6 heteroatoms. The Kier molecular flexibility index (Phi) is 8.35. The topological polar surface area (TPSA) is 64.0 Å². The highest BCUT2D eigenvalue weighted by molar-refractivity contribution is 7.99. The minimum atomic E-state index is -0.0517. The van der Waals surface area contributed by atoms with Gasteiger partial charge < -0.3 is 5.32 Å². The molecule has 1 N–H and O–H groups in total. The van der Waals surface area contributed by atoms with Gasteiger partial charge in [-0.2, -0.15) is 0 Å². The monoisotopic (exact) mass is 389 g/mol. The van der Waals surface area contributed by atoms with Crippen LogP contribution in [0.3, 0.4) is 0 Å². The highest BCUT2D eigenvalue weighted by Crippen LogP contribution is 2.20. The van der Waals surface area contributed by atoms with Crippen molar-refractivity contribution in [2.45, 2.75) is 64.6 Å². The summed E-state index contributed by atoms with van der Waals surface area (Å²) in [6.07, 6.45) is 4.61. The molecule has 0 aliphatic carbocycles. The van der Waals surface area contributed by atoms with Crippen molar-refractivity contribution in [3.05, 3.63) is 34.6 Å². The van der Waals surface area contributed by atoms with Crippen LogP contribution >= 0.6 is 11.8 Å². The Morgan fingerprint density at radius 2 is 2.00 bits per heavy atom. The summed E-state index contributed by atoms with van der Waals surface area (Å²) in [6, 6.07) is 7.34. The number of unbranched alkanes of at least 4 members (excludes halogenated alkanes) is 1. The summed E-state index contributed by atoms with van der Waals surface area (Å²) in [5.41, 5.74) is 0.622. The van der Waals surface area contributed by atoms with Crippen molar-refractivity contribution in [3.8, 4) is 0 Å². The first kappa shape index (κ1) is 21.5. The number of carbonyl (C=O) groups excluding carboxylic acids is 1. The number of benzene rings is 1. The molecule has 0 bridgehead atoms. The fraction of sp³-hybridized carbons (Fsp3) is 0.571. The summed E-state index contributed by atoms with van der Waals surface area (Å²) in [4.78, 5) is 29.7. The van der Waals surface area contributed by atoms with Gasteiger partial charge >= 0.3 is 0 Å². The van der Waals surface area contributed by atoms with Crippen LogP contribution in [-0.2, 0) is 4.79 Å². The van der Waals surface area contributed by atoms with Crippen LogP contribution in [0.1, 0.15) is 59.4 Å². The van der Waals surface area contributed by atoms with Crippen LogP contribution in [0.25, 0.3) is 10.9 Å². The van der Waals surface area contributed by atoms with E-state index in [1.165, 1.54) is 24.6 Å². The lowest BCUT2D eigenvalue weighted by molar-refractivity contribution is -0.118. The van der Waals surface area contributed by atoms with Crippen molar-refractivity contribution in [2.75, 3.05) is 12.3 Å². The van der Waals surface area contributed by atoms with Gasteiger partial charge in [0.15, 0.2) is 5.16 Å². The molecule has 1 aromatic carbocycles. The molecule has 2 aromatic rings. The number of hydrogen-bond donors (Lipinski definition) is 1. The second-order valence-electron chi connectivity index (χ2n) is 7.19. The number of carbonyl (C=O) groups is 1. The van der Waals surface area contributed by atoms with E-state index < -0.39 is 0 Å². The van der Waals surface area contributed by atoms with E-state index in [0.717, 1.165) is 19.4 Å². The van der Waals surface area contributed by atoms with E-state index in [0.29, 0.717) is 22.0 Å². The number of amides is 1. The Hall–Kier alpha value is -1.82. The summed E-state index contributed by atoms with van der Waals surface area (Å²) in [7, 11) is 0. The molecule has 1 aromatic heterocycles. The lowest BCUT2D eigenvalue weighted by Gasteiger charge is -2.17. The smallest absolute Gasteiger partial charge is 0.262 e. The highest BCUT2D eigenvalue weighted by Gasteiger charge is 2.15. The Bertz CT molecular complexity index is 817. The van der Waals surface area contributed by atoms with E-state index in [1.807, 2.05) is 32.0 Å². The SMILES string of the molecule is CCCC[C@H](CC)CNC(=O)CSc1nc2ccccc2c(=O)n1C(C)C. The van der Waals surface area contributed by atoms with Crippen LogP contribution in [0, 0.1) is 5.92 Å². The average Bonchev–Trinajstić information content (AvgIpc) is 2.66. The quantitative estimate of drug-likeness (QED) is 0.483. The summed E-state index contributed by atoms with van der Waals surface area (Å²) < 4.78 is 1.68. The molecular formula is C21H31N3O2S. The molecule has 0 aliphatic rings. The van der Waals surface area contributed by atoms with Gasteiger partial charge in [-0.3, -0.25) is 14.2 Å². The normalized spacial score (nSPS) is 12.5. The van der Waals surface area contributed by atoms with Crippen LogP contribution in [0.4, 0.5) is 0 Å². The molecule has 0 fully saturated rings. The van der Waals surface area contributed by atoms with Crippen LogP contribution in [0.15, 0.2) is 34.2 Å². The van der Waals surface area contributed by atoms with Crippen LogP contribution in [0.5, 0.6) is 0 Å². The third-order valence-corrected chi connectivity index (χ3v) is 5.71. The van der Waals surface area contributed by atoms with E-state index in [-0.39, 0.29) is 23.3 Å². The van der Waals surface area contributed by atoms with Gasteiger partial charge in [-0.05, 0) is 38.3 Å². The van der Waals surface area contributed by atoms with Crippen molar-refractivity contribution in [1.29, 1.82) is 0 Å². The fourth-order valence-electron chi connectivity index (χ4n) is 3.07. The summed E-state index contributed by atoms with van der Waals surface area (Å²) in [5.74, 6) is 0.793. The summed E-state index contributed by atoms with van der Waals surface area (Å²) >= 11 is 1.33. The van der Waals surface area contributed by atoms with Crippen molar-refractivity contribution >= 4 is 28.6 Å². The lowest BCUT2D eigenvalue weighted by atomic mass is 9.99. The zero-order valence-electron chi connectivity index (χ0n) is 16.8. The molecule has 5 nitrogen and oxygen atoms in total. The molecular weight excluding hydrogens is 358 g/mol. The predicted molar refractivity (Wildman–Crippen MR) is 113 cm³/mol. The average molecular weight is 390 g/mol. The number of hydrogen-bond acceptors (Lipinski definition) is 4. The van der Waals surface area contributed by atoms with Crippen molar-refractivity contribution < 1.29 is 4.79 Å². The van der Waals surface area contributed by atoms with Crippen LogP contribution < -0.4 is 10.9 Å². The highest BCUT2D eigenvalue weighted by atomic mass is 32.2. The summed E-state index contributed by atoms with van der Waals surface area (Å²) in [6.45, 7) is 9.00. The number of nitrogens with one attached hydrogen (secondary N) is 1. The summed E-state index contributed by atoms with van der Waals surface area (Å²) in [5, 5.41) is 4.25. The molecule has 27 heavy (non-hydrogen) atoms. The Balaban J connectivity index is 2.06. The minimum Gasteiger partial charge on any atom is -0.355 e. The second kappa shape index (κ2) is 10.5. The van der Waals surface area contributed by atoms with Crippen LogP contribution in [0.2, 0.25) is 0 Å². The molecule has 2 rings (SSSR count). The minimum absolute atomic E-state index is 0.00679. The van der Waals surface area contributed by atoms with E-state index in [2.05, 4.69) is 24.1 Å². The van der Waals surface area contributed by atoms with Gasteiger partial charge in [0, 0.05) is 12.6 Å². The first-order valence-electron chi connectivity index (χ1n) is 9.88. The third-order valence-electron chi connectivity index (χ3n) is 4.76. The van der Waals surface area contributed by atoms with Gasteiger partial charge in [0.2, 0.25) is 5.91 Å². The Morgan fingerprint density at radius 3 is 2.67 bits per heavy atom. The van der Waals surface area contributed by atoms with E-state index in [4.69, 9.17) is 0 Å². The molecule has 1 atom stereocenters. The van der Waals surface area contributed by atoms with Gasteiger partial charge in [0.25, 0.3) is 5.56 Å². The molecule has 0 spiro atoms. The maximum absolute atomic E-state index is 12.8. The fourth-order valence-corrected chi connectivity index (χ4v) is 4.02. The zero-order chi connectivity index (χ0) is 19.8. The molecule has 1 heterocycles. The number of fused-ring (bicyclic) bond motifs is 1. The first-order valence-corrected chi connectivity index (χ1v) is 10.9. The third kappa shape index (κ3) is 5.83. The molecule has 0 unspecified atom stereocenters. The maximum Gasteiger partial charge on any atom is 0.262 e. The van der Waals surface area contributed by atoms with Gasteiger partial charge in [-0.25, -0.2) is 4.98 Å². The number of rotatable bonds is 10. The maximum atomic E-state index is 12.8. The van der Waals surface area contributed by atoms with Gasteiger partial charge in [-0.15, -0.1) is 0 Å². The Morgan fingerprint density at radius 1 is 1.26 bits per heavy atom. The van der Waals surface area contributed by atoms with Gasteiger partial charge in [0.05, 0.1) is 16.7 Å². The van der Waals surface area contributed by atoms with Crippen molar-refractivity contribution in [3.63, 3.8) is 0 Å². The number of aromatic nitrogens is 2. The van der Waals surface area contributed by atoms with E-state index >= 15 is 0 Å². The Labute approximate surface area is 166 Å². The molecule has 0 saturated carbocycles. The lowest BCUT2D eigenvalue weighted by Crippen LogP contribution is -2.31. The van der Waals surface area contributed by atoms with Crippen molar-refractivity contribution in [1.82, 2.24) is 14.9 Å². The second-order valence-corrected chi connectivity index (χ2v) is 8.13. The van der Waals surface area contributed by atoms with Gasteiger partial charge in [0.1, 0.15) is 0 Å². The predicted octanol–water partition coefficient (Wildman–Crippen LogP) is 4.40. The number of para-hydroxylation sites is 1. The first-order chi connectivity index (χ1) is 13.0. The number of nitrogens with zero attached hydrogens (tertiary/aromatic N) is 2. The molecule has 0 aliphatic heterocycles. The molecule has 0 saturated heterocycles.